The van der Waals surface area contributed by atoms with E-state index < -0.39 is 0 Å². The van der Waals surface area contributed by atoms with Gasteiger partial charge in [-0.3, -0.25) is 4.79 Å². The number of benzene rings is 2. The second-order valence-electron chi connectivity index (χ2n) is 7.46. The largest absolute Gasteiger partial charge is 0.355 e. The van der Waals surface area contributed by atoms with Crippen LogP contribution in [0.25, 0.3) is 10.6 Å². The molecule has 0 unspecified atom stereocenters. The third-order valence-corrected chi connectivity index (χ3v) is 6.48. The Morgan fingerprint density at radius 1 is 1.11 bits per heavy atom. The lowest BCUT2D eigenvalue weighted by atomic mass is 9.79. The van der Waals surface area contributed by atoms with E-state index in [-0.39, 0.29) is 23.6 Å². The Labute approximate surface area is 168 Å². The summed E-state index contributed by atoms with van der Waals surface area (Å²) in [5, 5.41) is 5.75. The molecular formula is C23H23FN2OS. The van der Waals surface area contributed by atoms with E-state index in [4.69, 9.17) is 0 Å². The minimum atomic E-state index is -0.283. The number of carbonyl (C=O) groups excluding carboxylic acids is 1. The van der Waals surface area contributed by atoms with Crippen LogP contribution in [-0.2, 0) is 16.6 Å². The molecular weight excluding hydrogens is 371 g/mol. The van der Waals surface area contributed by atoms with Crippen LogP contribution >= 0.6 is 11.3 Å². The molecule has 28 heavy (non-hydrogen) atoms. The molecule has 1 N–H and O–H groups in total. The molecule has 1 aliphatic carbocycles. The van der Waals surface area contributed by atoms with Gasteiger partial charge in [0.25, 0.3) is 0 Å². The van der Waals surface area contributed by atoms with Crippen molar-refractivity contribution in [2.24, 2.45) is 0 Å². The molecule has 0 saturated heterocycles. The maximum atomic E-state index is 13.4. The van der Waals surface area contributed by atoms with Crippen molar-refractivity contribution in [3.8, 4) is 10.6 Å². The number of carbonyl (C=O) groups is 1. The van der Waals surface area contributed by atoms with Crippen LogP contribution in [0.2, 0.25) is 0 Å². The van der Waals surface area contributed by atoms with Gasteiger partial charge in [0, 0.05) is 22.9 Å². The molecule has 5 heteroatoms. The first-order valence-electron chi connectivity index (χ1n) is 9.67. The average molecular weight is 395 g/mol. The summed E-state index contributed by atoms with van der Waals surface area (Å²) < 4.78 is 13.4. The molecule has 1 amide bonds. The molecule has 4 rings (SSSR count). The van der Waals surface area contributed by atoms with Gasteiger partial charge in [-0.25, -0.2) is 9.37 Å². The van der Waals surface area contributed by atoms with Crippen molar-refractivity contribution in [1.82, 2.24) is 10.3 Å². The number of aromatic nitrogens is 1. The number of halogens is 1. The molecule has 0 atom stereocenters. The summed E-state index contributed by atoms with van der Waals surface area (Å²) in [4.78, 5) is 17.0. The van der Waals surface area contributed by atoms with Gasteiger partial charge >= 0.3 is 0 Å². The highest BCUT2D eigenvalue weighted by atomic mass is 32.1. The molecule has 3 nitrogen and oxygen atoms in total. The Kier molecular flexibility index (Phi) is 5.53. The summed E-state index contributed by atoms with van der Waals surface area (Å²) in [6.07, 6.45) is 4.87. The standard InChI is InChI=1S/C23H23FN2OS/c24-19-10-6-7-17(13-19)22-26-20(15-28-22)14-21(27)25-16-23(11-4-5-12-23)18-8-2-1-3-9-18/h1-3,6-10,13,15H,4-5,11-12,14,16H2,(H,25,27). The van der Waals surface area contributed by atoms with E-state index in [1.165, 1.54) is 41.9 Å². The van der Waals surface area contributed by atoms with Gasteiger partial charge in [-0.2, -0.15) is 0 Å². The van der Waals surface area contributed by atoms with Crippen LogP contribution in [0, 0.1) is 5.82 Å². The van der Waals surface area contributed by atoms with Crippen molar-refractivity contribution < 1.29 is 9.18 Å². The van der Waals surface area contributed by atoms with Crippen molar-refractivity contribution >= 4 is 17.2 Å². The van der Waals surface area contributed by atoms with Gasteiger partial charge in [-0.15, -0.1) is 11.3 Å². The number of nitrogens with zero attached hydrogens (tertiary/aromatic N) is 1. The van der Waals surface area contributed by atoms with E-state index in [9.17, 15) is 9.18 Å². The number of nitrogens with one attached hydrogen (secondary N) is 1. The smallest absolute Gasteiger partial charge is 0.226 e. The second-order valence-corrected chi connectivity index (χ2v) is 8.32. The second kappa shape index (κ2) is 8.23. The predicted octanol–water partition coefficient (Wildman–Crippen LogP) is 5.12. The Hall–Kier alpha value is -2.53. The van der Waals surface area contributed by atoms with E-state index in [2.05, 4.69) is 34.6 Å². The van der Waals surface area contributed by atoms with Gasteiger partial charge in [0.05, 0.1) is 12.1 Å². The predicted molar refractivity (Wildman–Crippen MR) is 111 cm³/mol. The number of thiazole rings is 1. The first kappa shape index (κ1) is 18.8. The molecule has 0 radical (unpaired) electrons. The van der Waals surface area contributed by atoms with Gasteiger partial charge in [-0.05, 0) is 30.5 Å². The third-order valence-electron chi connectivity index (χ3n) is 5.54. The number of amides is 1. The fourth-order valence-electron chi connectivity index (χ4n) is 4.05. The molecule has 144 valence electrons. The average Bonchev–Trinajstić information content (AvgIpc) is 3.38. The lowest BCUT2D eigenvalue weighted by molar-refractivity contribution is -0.120. The van der Waals surface area contributed by atoms with Gasteiger partial charge in [0.1, 0.15) is 10.8 Å². The zero-order valence-corrected chi connectivity index (χ0v) is 16.5. The lowest BCUT2D eigenvalue weighted by Gasteiger charge is -2.30. The Balaban J connectivity index is 1.39. The molecule has 1 aromatic heterocycles. The molecule has 2 aromatic carbocycles. The van der Waals surface area contributed by atoms with Crippen LogP contribution in [0.5, 0.6) is 0 Å². The van der Waals surface area contributed by atoms with Gasteiger partial charge in [-0.1, -0.05) is 55.3 Å². The van der Waals surface area contributed by atoms with Crippen LogP contribution in [0.1, 0.15) is 36.9 Å². The molecule has 0 spiro atoms. The van der Waals surface area contributed by atoms with Crippen LogP contribution in [0.3, 0.4) is 0 Å². The zero-order valence-electron chi connectivity index (χ0n) is 15.7. The van der Waals surface area contributed by atoms with Crippen molar-refractivity contribution in [2.45, 2.75) is 37.5 Å². The van der Waals surface area contributed by atoms with Gasteiger partial charge < -0.3 is 5.32 Å². The summed E-state index contributed by atoms with van der Waals surface area (Å²) >= 11 is 1.44. The van der Waals surface area contributed by atoms with Gasteiger partial charge in [0.2, 0.25) is 5.91 Å². The van der Waals surface area contributed by atoms with Crippen LogP contribution in [0.15, 0.2) is 60.0 Å². The Bertz CT molecular complexity index is 948. The summed E-state index contributed by atoms with van der Waals surface area (Å²) in [5.41, 5.74) is 2.83. The summed E-state index contributed by atoms with van der Waals surface area (Å²) in [6.45, 7) is 0.663. The fraction of sp³-hybridized carbons (Fsp3) is 0.304. The summed E-state index contributed by atoms with van der Waals surface area (Å²) in [6, 6.07) is 16.9. The highest BCUT2D eigenvalue weighted by Gasteiger charge is 2.35. The van der Waals surface area contributed by atoms with E-state index in [0.717, 1.165) is 29.1 Å². The summed E-state index contributed by atoms with van der Waals surface area (Å²) in [5.74, 6) is -0.298. The minimum Gasteiger partial charge on any atom is -0.355 e. The maximum absolute atomic E-state index is 13.4. The minimum absolute atomic E-state index is 0.0155. The molecule has 1 fully saturated rings. The maximum Gasteiger partial charge on any atom is 0.226 e. The van der Waals surface area contributed by atoms with E-state index >= 15 is 0 Å². The molecule has 1 aliphatic rings. The monoisotopic (exact) mass is 394 g/mol. The van der Waals surface area contributed by atoms with Crippen molar-refractivity contribution in [3.63, 3.8) is 0 Å². The van der Waals surface area contributed by atoms with E-state index in [1.54, 1.807) is 6.07 Å². The van der Waals surface area contributed by atoms with Gasteiger partial charge in [0.15, 0.2) is 0 Å². The van der Waals surface area contributed by atoms with Crippen molar-refractivity contribution in [2.75, 3.05) is 6.54 Å². The zero-order chi connectivity index (χ0) is 19.4. The van der Waals surface area contributed by atoms with Crippen molar-refractivity contribution in [1.29, 1.82) is 0 Å². The normalized spacial score (nSPS) is 15.5. The van der Waals surface area contributed by atoms with Crippen LogP contribution in [-0.4, -0.2) is 17.4 Å². The van der Waals surface area contributed by atoms with Crippen molar-refractivity contribution in [3.05, 3.63) is 77.1 Å². The number of hydrogen-bond donors (Lipinski definition) is 1. The highest BCUT2D eigenvalue weighted by Crippen LogP contribution is 2.40. The Morgan fingerprint density at radius 2 is 1.89 bits per heavy atom. The van der Waals surface area contributed by atoms with E-state index in [0.29, 0.717) is 6.54 Å². The molecule has 1 saturated carbocycles. The lowest BCUT2D eigenvalue weighted by Crippen LogP contribution is -2.39. The number of hydrogen-bond acceptors (Lipinski definition) is 3. The first-order chi connectivity index (χ1) is 13.6. The molecule has 0 bridgehead atoms. The molecule has 0 aliphatic heterocycles. The SMILES string of the molecule is O=C(Cc1csc(-c2cccc(F)c2)n1)NCC1(c2ccccc2)CCCC1. The Morgan fingerprint density at radius 3 is 2.64 bits per heavy atom. The topological polar surface area (TPSA) is 42.0 Å². The quantitative estimate of drug-likeness (QED) is 0.630. The summed E-state index contributed by atoms with van der Waals surface area (Å²) in [7, 11) is 0. The molecule has 1 heterocycles. The fourth-order valence-corrected chi connectivity index (χ4v) is 4.86. The van der Waals surface area contributed by atoms with Crippen LogP contribution in [0.4, 0.5) is 4.39 Å². The van der Waals surface area contributed by atoms with Crippen LogP contribution < -0.4 is 5.32 Å². The highest BCUT2D eigenvalue weighted by molar-refractivity contribution is 7.13. The number of rotatable bonds is 6. The first-order valence-corrected chi connectivity index (χ1v) is 10.6. The van der Waals surface area contributed by atoms with E-state index in [1.807, 2.05) is 17.5 Å². The molecule has 3 aromatic rings. The third kappa shape index (κ3) is 4.14.